The van der Waals surface area contributed by atoms with Gasteiger partial charge >= 0.3 is 0 Å². The molecule has 1 amide bonds. The molecule has 30 heavy (non-hydrogen) atoms. The number of anilines is 1. The van der Waals surface area contributed by atoms with E-state index < -0.39 is 0 Å². The summed E-state index contributed by atoms with van der Waals surface area (Å²) in [5.74, 6) is 1.25. The monoisotopic (exact) mass is 440 g/mol. The summed E-state index contributed by atoms with van der Waals surface area (Å²) in [5, 5.41) is 15.0. The van der Waals surface area contributed by atoms with Crippen molar-refractivity contribution in [3.63, 3.8) is 0 Å². The maximum absolute atomic E-state index is 12.4. The molecule has 0 radical (unpaired) electrons. The highest BCUT2D eigenvalue weighted by Crippen LogP contribution is 2.36. The molecule has 7 heteroatoms. The second-order valence-corrected chi connectivity index (χ2v) is 9.51. The zero-order valence-electron chi connectivity index (χ0n) is 17.6. The Hall–Kier alpha value is -2.12. The number of aromatic nitrogens is 3. The van der Waals surface area contributed by atoms with Gasteiger partial charge in [-0.1, -0.05) is 37.7 Å². The van der Waals surface area contributed by atoms with Crippen LogP contribution < -0.4 is 5.32 Å². The normalized spacial score (nSPS) is 13.3. The van der Waals surface area contributed by atoms with Gasteiger partial charge in [-0.3, -0.25) is 4.79 Å². The molecular formula is C23H28N4OS2. The lowest BCUT2D eigenvalue weighted by atomic mass is 9.95. The van der Waals surface area contributed by atoms with Crippen LogP contribution in [0.4, 0.5) is 5.69 Å². The van der Waals surface area contributed by atoms with Crippen molar-refractivity contribution >= 4 is 34.7 Å². The number of carbonyl (C=O) groups is 1. The Labute approximate surface area is 186 Å². The highest BCUT2D eigenvalue weighted by atomic mass is 32.2. The molecule has 0 bridgehead atoms. The molecule has 1 aliphatic rings. The molecule has 0 saturated carbocycles. The van der Waals surface area contributed by atoms with Gasteiger partial charge in [-0.25, -0.2) is 0 Å². The molecule has 2 heterocycles. The van der Waals surface area contributed by atoms with E-state index in [4.69, 9.17) is 0 Å². The van der Waals surface area contributed by atoms with Crippen LogP contribution in [-0.4, -0.2) is 26.4 Å². The zero-order valence-corrected chi connectivity index (χ0v) is 19.2. The zero-order chi connectivity index (χ0) is 20.9. The van der Waals surface area contributed by atoms with E-state index in [1.807, 2.05) is 23.5 Å². The third kappa shape index (κ3) is 4.62. The van der Waals surface area contributed by atoms with Gasteiger partial charge in [0, 0.05) is 28.1 Å². The lowest BCUT2D eigenvalue weighted by Gasteiger charge is -2.13. The fourth-order valence-corrected chi connectivity index (χ4v) is 5.74. The Balaban J connectivity index is 1.46. The molecular weight excluding hydrogens is 412 g/mol. The van der Waals surface area contributed by atoms with E-state index in [1.54, 1.807) is 0 Å². The van der Waals surface area contributed by atoms with Crippen molar-refractivity contribution in [2.75, 3.05) is 11.1 Å². The fraction of sp³-hybridized carbons (Fsp3) is 0.435. The number of fused-ring (bicyclic) bond motifs is 1. The molecule has 1 aromatic carbocycles. The van der Waals surface area contributed by atoms with Crippen LogP contribution in [0.3, 0.4) is 0 Å². The first kappa shape index (κ1) is 21.1. The first-order valence-electron chi connectivity index (χ1n) is 10.7. The smallest absolute Gasteiger partial charge is 0.234 e. The number of hydrogen-bond donors (Lipinski definition) is 1. The molecule has 1 aliphatic carbocycles. The minimum absolute atomic E-state index is 0.0234. The van der Waals surface area contributed by atoms with Crippen LogP contribution in [0.2, 0.25) is 0 Å². The van der Waals surface area contributed by atoms with Crippen LogP contribution in [0, 0.1) is 0 Å². The molecule has 0 saturated heterocycles. The number of aryl methyl sites for hydroxylation is 2. The molecule has 3 aromatic rings. The summed E-state index contributed by atoms with van der Waals surface area (Å²) in [7, 11) is 0. The Kier molecular flexibility index (Phi) is 6.89. The van der Waals surface area contributed by atoms with Gasteiger partial charge in [-0.15, -0.1) is 21.5 Å². The van der Waals surface area contributed by atoms with Crippen LogP contribution in [0.25, 0.3) is 11.4 Å². The van der Waals surface area contributed by atoms with Gasteiger partial charge in [0.05, 0.1) is 5.75 Å². The number of nitrogens with zero attached hydrogens (tertiary/aromatic N) is 3. The lowest BCUT2D eigenvalue weighted by Crippen LogP contribution is -2.14. The topological polar surface area (TPSA) is 59.8 Å². The van der Waals surface area contributed by atoms with E-state index in [0.717, 1.165) is 42.5 Å². The van der Waals surface area contributed by atoms with E-state index in [-0.39, 0.29) is 5.91 Å². The van der Waals surface area contributed by atoms with E-state index in [9.17, 15) is 4.79 Å². The summed E-state index contributed by atoms with van der Waals surface area (Å²) in [6.45, 7) is 5.14. The van der Waals surface area contributed by atoms with Crippen LogP contribution in [0.15, 0.2) is 34.8 Å². The number of thioether (sulfide) groups is 1. The van der Waals surface area contributed by atoms with Gasteiger partial charge < -0.3 is 9.88 Å². The van der Waals surface area contributed by atoms with Crippen LogP contribution in [0.5, 0.6) is 0 Å². The molecule has 0 aliphatic heterocycles. The van der Waals surface area contributed by atoms with Crippen molar-refractivity contribution in [3.05, 3.63) is 45.6 Å². The molecule has 1 N–H and O–H groups in total. The summed E-state index contributed by atoms with van der Waals surface area (Å²) < 4.78 is 2.19. The summed E-state index contributed by atoms with van der Waals surface area (Å²) in [6.07, 6.45) is 6.84. The van der Waals surface area contributed by atoms with E-state index in [1.165, 1.54) is 52.6 Å². The van der Waals surface area contributed by atoms with Gasteiger partial charge in [0.15, 0.2) is 11.0 Å². The van der Waals surface area contributed by atoms with E-state index >= 15 is 0 Å². The van der Waals surface area contributed by atoms with Gasteiger partial charge in [0.25, 0.3) is 0 Å². The quantitative estimate of drug-likeness (QED) is 0.464. The highest BCUT2D eigenvalue weighted by Gasteiger charge is 2.22. The van der Waals surface area contributed by atoms with Crippen molar-refractivity contribution in [2.24, 2.45) is 0 Å². The average Bonchev–Trinajstić information content (AvgIpc) is 3.37. The van der Waals surface area contributed by atoms with E-state index in [2.05, 4.69) is 51.4 Å². The van der Waals surface area contributed by atoms with Crippen molar-refractivity contribution in [1.29, 1.82) is 0 Å². The standard InChI is InChI=1S/C23H28N4OS2/c1-3-13-27-22(19-14-29-20-8-6-5-7-18(19)20)25-26-23(27)30-15-21(28)24-17-11-9-16(4-2)10-12-17/h9-12,14H,3-8,13,15H2,1-2H3,(H,24,28). The number of benzene rings is 1. The third-order valence-electron chi connectivity index (χ3n) is 5.44. The summed E-state index contributed by atoms with van der Waals surface area (Å²) in [4.78, 5) is 14.0. The molecule has 2 aromatic heterocycles. The number of hydrogen-bond acceptors (Lipinski definition) is 5. The Bertz CT molecular complexity index is 1010. The van der Waals surface area contributed by atoms with Crippen molar-refractivity contribution in [2.45, 2.75) is 64.1 Å². The number of carbonyl (C=O) groups excluding carboxylic acids is 1. The molecule has 0 fully saturated rings. The van der Waals surface area contributed by atoms with Gasteiger partial charge in [0.2, 0.25) is 5.91 Å². The number of thiophene rings is 1. The lowest BCUT2D eigenvalue weighted by molar-refractivity contribution is -0.113. The summed E-state index contributed by atoms with van der Waals surface area (Å²) in [6, 6.07) is 8.01. The van der Waals surface area contributed by atoms with E-state index in [0.29, 0.717) is 5.75 Å². The molecule has 5 nitrogen and oxygen atoms in total. The van der Waals surface area contributed by atoms with Crippen LogP contribution >= 0.6 is 23.1 Å². The fourth-order valence-electron chi connectivity index (χ4n) is 3.85. The number of amides is 1. The number of nitrogens with one attached hydrogen (secondary N) is 1. The largest absolute Gasteiger partial charge is 0.325 e. The predicted molar refractivity (Wildman–Crippen MR) is 125 cm³/mol. The second kappa shape index (κ2) is 9.79. The van der Waals surface area contributed by atoms with Gasteiger partial charge in [-0.05, 0) is 61.8 Å². The highest BCUT2D eigenvalue weighted by molar-refractivity contribution is 7.99. The minimum Gasteiger partial charge on any atom is -0.325 e. The van der Waals surface area contributed by atoms with Gasteiger partial charge in [-0.2, -0.15) is 0 Å². The molecule has 158 valence electrons. The molecule has 4 rings (SSSR count). The Morgan fingerprint density at radius 2 is 1.97 bits per heavy atom. The predicted octanol–water partition coefficient (Wildman–Crippen LogP) is 5.59. The molecule has 0 atom stereocenters. The van der Waals surface area contributed by atoms with Crippen LogP contribution in [-0.2, 0) is 30.6 Å². The van der Waals surface area contributed by atoms with Crippen molar-refractivity contribution in [3.8, 4) is 11.4 Å². The maximum atomic E-state index is 12.4. The molecule has 0 unspecified atom stereocenters. The summed E-state index contributed by atoms with van der Waals surface area (Å²) >= 11 is 3.31. The minimum atomic E-state index is -0.0234. The third-order valence-corrected chi connectivity index (χ3v) is 7.50. The number of rotatable bonds is 8. The molecule has 0 spiro atoms. The SMILES string of the molecule is CCCn1c(SCC(=O)Nc2ccc(CC)cc2)nnc1-c1csc2c1CCCC2. The first-order valence-corrected chi connectivity index (χ1v) is 12.6. The maximum Gasteiger partial charge on any atom is 0.234 e. The second-order valence-electron chi connectivity index (χ2n) is 7.60. The summed E-state index contributed by atoms with van der Waals surface area (Å²) in [5.41, 5.74) is 4.79. The average molecular weight is 441 g/mol. The first-order chi connectivity index (χ1) is 14.7. The Morgan fingerprint density at radius 1 is 1.17 bits per heavy atom. The van der Waals surface area contributed by atoms with Crippen LogP contribution in [0.1, 0.15) is 49.1 Å². The van der Waals surface area contributed by atoms with Crippen molar-refractivity contribution in [1.82, 2.24) is 14.8 Å². The van der Waals surface area contributed by atoms with Gasteiger partial charge in [0.1, 0.15) is 0 Å². The van der Waals surface area contributed by atoms with Crippen molar-refractivity contribution < 1.29 is 4.79 Å². The Morgan fingerprint density at radius 3 is 2.73 bits per heavy atom.